The lowest BCUT2D eigenvalue weighted by Crippen LogP contribution is -2.30. The van der Waals surface area contributed by atoms with E-state index in [1.807, 2.05) is 0 Å². The summed E-state index contributed by atoms with van der Waals surface area (Å²) in [5, 5.41) is 10.0. The number of halogens is 2. The van der Waals surface area contributed by atoms with Crippen LogP contribution in [0, 0.1) is 0 Å². The molecule has 2 heterocycles. The van der Waals surface area contributed by atoms with Gasteiger partial charge in [0, 0.05) is 12.2 Å². The van der Waals surface area contributed by atoms with E-state index in [4.69, 9.17) is 27.9 Å². The molecule has 2 N–H and O–H groups in total. The molecule has 0 aliphatic heterocycles. The van der Waals surface area contributed by atoms with Crippen molar-refractivity contribution in [2.75, 3.05) is 0 Å². The van der Waals surface area contributed by atoms with E-state index in [-0.39, 0.29) is 23.4 Å². The summed E-state index contributed by atoms with van der Waals surface area (Å²) in [5.74, 6) is -0.670. The summed E-state index contributed by atoms with van der Waals surface area (Å²) in [6, 6.07) is 6.20. The van der Waals surface area contributed by atoms with Gasteiger partial charge in [-0.3, -0.25) is 4.57 Å². The number of hydrogen-bond donors (Lipinski definition) is 2. The molecule has 0 atom stereocenters. The largest absolute Gasteiger partial charge is 0.478 e. The number of nitrogens with one attached hydrogen (secondary N) is 1. The normalized spacial score (nSPS) is 19.6. The number of aromatic carboxylic acids is 1. The van der Waals surface area contributed by atoms with Gasteiger partial charge < -0.3 is 14.8 Å². The third-order valence-electron chi connectivity index (χ3n) is 5.03. The molecule has 1 aliphatic rings. The molecular formula is C19H17Cl2N3O4. The Morgan fingerprint density at radius 3 is 2.64 bits per heavy atom. The zero-order valence-corrected chi connectivity index (χ0v) is 16.2. The lowest BCUT2D eigenvalue weighted by Gasteiger charge is -2.29. The highest BCUT2D eigenvalue weighted by molar-refractivity contribution is 6.35. The van der Waals surface area contributed by atoms with Crippen molar-refractivity contribution in [3.63, 3.8) is 0 Å². The monoisotopic (exact) mass is 421 g/mol. The van der Waals surface area contributed by atoms with Crippen LogP contribution < -0.4 is 10.4 Å². The van der Waals surface area contributed by atoms with Gasteiger partial charge in [-0.15, -0.1) is 0 Å². The van der Waals surface area contributed by atoms with Crippen LogP contribution in [0.3, 0.4) is 0 Å². The molecule has 0 saturated heterocycles. The van der Waals surface area contributed by atoms with Crippen molar-refractivity contribution in [1.82, 2.24) is 14.5 Å². The number of H-pyrrole nitrogens is 1. The summed E-state index contributed by atoms with van der Waals surface area (Å²) in [6.07, 6.45) is 4.32. The first kappa shape index (κ1) is 18.8. The zero-order chi connectivity index (χ0) is 19.8. The number of carboxylic acid groups (broad SMARTS) is 1. The van der Waals surface area contributed by atoms with Crippen LogP contribution >= 0.6 is 23.2 Å². The predicted molar refractivity (Wildman–Crippen MR) is 106 cm³/mol. The van der Waals surface area contributed by atoms with Crippen LogP contribution in [0.1, 0.15) is 42.1 Å². The summed E-state index contributed by atoms with van der Waals surface area (Å²) < 4.78 is 7.56. The molecule has 1 fully saturated rings. The minimum Gasteiger partial charge on any atom is -0.478 e. The van der Waals surface area contributed by atoms with Crippen LogP contribution in [-0.4, -0.2) is 31.7 Å². The average Bonchev–Trinajstić information content (AvgIpc) is 2.99. The summed E-state index contributed by atoms with van der Waals surface area (Å²) >= 11 is 12.0. The van der Waals surface area contributed by atoms with Crippen molar-refractivity contribution < 1.29 is 14.6 Å². The second-order valence-electron chi connectivity index (χ2n) is 6.83. The number of benzene rings is 1. The Hall–Kier alpha value is -2.51. The maximum atomic E-state index is 12.5. The van der Waals surface area contributed by atoms with E-state index in [9.17, 15) is 14.7 Å². The van der Waals surface area contributed by atoms with Gasteiger partial charge in [0.05, 0.1) is 21.6 Å². The Labute approximate surface area is 169 Å². The van der Waals surface area contributed by atoms with E-state index < -0.39 is 5.97 Å². The van der Waals surface area contributed by atoms with Crippen molar-refractivity contribution in [2.24, 2.45) is 0 Å². The molecule has 1 saturated carbocycles. The van der Waals surface area contributed by atoms with Crippen LogP contribution in [-0.2, 0) is 0 Å². The standard InChI is InChI=1S/C19H17Cl2N3O4/c20-11-8-14(21)17(22-9-11)28-13-4-2-12(3-5-13)24-16-7-10(18(25)26)1-6-15(16)23-19(24)27/h1,6-9,12-13H,2-5H2,(H,23,27)(H,25,26)/t12-,13-. The second-order valence-corrected chi connectivity index (χ2v) is 7.67. The third-order valence-corrected chi connectivity index (χ3v) is 5.50. The van der Waals surface area contributed by atoms with Gasteiger partial charge in [-0.25, -0.2) is 14.6 Å². The number of aromatic amines is 1. The van der Waals surface area contributed by atoms with E-state index in [2.05, 4.69) is 9.97 Å². The van der Waals surface area contributed by atoms with Crippen LogP contribution in [0.4, 0.5) is 0 Å². The second kappa shape index (κ2) is 7.48. The summed E-state index contributed by atoms with van der Waals surface area (Å²) in [4.78, 5) is 30.6. The number of carboxylic acids is 1. The molecule has 1 aliphatic carbocycles. The molecule has 146 valence electrons. The fourth-order valence-corrected chi connectivity index (χ4v) is 4.11. The number of carbonyl (C=O) groups is 1. The highest BCUT2D eigenvalue weighted by Crippen LogP contribution is 2.33. The van der Waals surface area contributed by atoms with E-state index in [1.165, 1.54) is 18.3 Å². The Morgan fingerprint density at radius 2 is 1.96 bits per heavy atom. The molecule has 0 bridgehead atoms. The molecule has 0 spiro atoms. The highest BCUT2D eigenvalue weighted by Gasteiger charge is 2.27. The molecule has 28 heavy (non-hydrogen) atoms. The van der Waals surface area contributed by atoms with Crippen molar-refractivity contribution in [3.05, 3.63) is 56.6 Å². The van der Waals surface area contributed by atoms with Crippen LogP contribution in [0.5, 0.6) is 5.88 Å². The SMILES string of the molecule is O=C(O)c1ccc2[nH]c(=O)n([C@H]3CC[C@H](Oc4ncc(Cl)cc4Cl)CC3)c2c1. The van der Waals surface area contributed by atoms with Gasteiger partial charge in [-0.1, -0.05) is 23.2 Å². The Morgan fingerprint density at radius 1 is 1.21 bits per heavy atom. The fraction of sp³-hybridized carbons (Fsp3) is 0.316. The minimum absolute atomic E-state index is 0.0289. The zero-order valence-electron chi connectivity index (χ0n) is 14.7. The maximum Gasteiger partial charge on any atom is 0.335 e. The Balaban J connectivity index is 1.52. The van der Waals surface area contributed by atoms with Gasteiger partial charge in [0.25, 0.3) is 0 Å². The first-order chi connectivity index (χ1) is 13.4. The summed E-state index contributed by atoms with van der Waals surface area (Å²) in [5.41, 5.74) is 1.16. The minimum atomic E-state index is -1.02. The molecule has 7 nitrogen and oxygen atoms in total. The quantitative estimate of drug-likeness (QED) is 0.654. The van der Waals surface area contributed by atoms with E-state index in [1.54, 1.807) is 16.7 Å². The van der Waals surface area contributed by atoms with E-state index >= 15 is 0 Å². The predicted octanol–water partition coefficient (Wildman–Crippen LogP) is 4.29. The molecule has 4 rings (SSSR count). The first-order valence-corrected chi connectivity index (χ1v) is 9.63. The molecule has 0 amide bonds. The van der Waals surface area contributed by atoms with Gasteiger partial charge in [0.2, 0.25) is 5.88 Å². The number of ether oxygens (including phenoxy) is 1. The van der Waals surface area contributed by atoms with E-state index in [0.717, 1.165) is 25.7 Å². The molecule has 0 unspecified atom stereocenters. The number of pyridine rings is 1. The fourth-order valence-electron chi connectivity index (χ4n) is 3.68. The van der Waals surface area contributed by atoms with E-state index in [0.29, 0.717) is 27.0 Å². The lowest BCUT2D eigenvalue weighted by atomic mass is 9.92. The van der Waals surface area contributed by atoms with Crippen LogP contribution in [0.2, 0.25) is 10.0 Å². The van der Waals surface area contributed by atoms with Crippen molar-refractivity contribution in [1.29, 1.82) is 0 Å². The summed E-state index contributed by atoms with van der Waals surface area (Å²) in [6.45, 7) is 0. The smallest absolute Gasteiger partial charge is 0.335 e. The number of rotatable bonds is 4. The summed E-state index contributed by atoms with van der Waals surface area (Å²) in [7, 11) is 0. The van der Waals surface area contributed by atoms with Gasteiger partial charge in [-0.05, 0) is 49.9 Å². The van der Waals surface area contributed by atoms with Crippen molar-refractivity contribution in [3.8, 4) is 5.88 Å². The Kier molecular flexibility index (Phi) is 5.03. The number of hydrogen-bond acceptors (Lipinski definition) is 4. The van der Waals surface area contributed by atoms with Gasteiger partial charge in [-0.2, -0.15) is 0 Å². The molecule has 3 aromatic rings. The molecule has 2 aromatic heterocycles. The van der Waals surface area contributed by atoms with Crippen molar-refractivity contribution >= 4 is 40.2 Å². The highest BCUT2D eigenvalue weighted by atomic mass is 35.5. The molecular weight excluding hydrogens is 405 g/mol. The molecule has 1 aromatic carbocycles. The topological polar surface area (TPSA) is 97.2 Å². The average molecular weight is 422 g/mol. The Bertz CT molecular complexity index is 1100. The molecule has 9 heteroatoms. The van der Waals surface area contributed by atoms with Gasteiger partial charge in [0.15, 0.2) is 0 Å². The van der Waals surface area contributed by atoms with Gasteiger partial charge >= 0.3 is 11.7 Å². The van der Waals surface area contributed by atoms with Crippen molar-refractivity contribution in [2.45, 2.75) is 37.8 Å². The van der Waals surface area contributed by atoms with Crippen LogP contribution in [0.25, 0.3) is 11.0 Å². The molecule has 0 radical (unpaired) electrons. The number of imidazole rings is 1. The lowest BCUT2D eigenvalue weighted by molar-refractivity contribution is 0.0697. The number of nitrogens with zero attached hydrogens (tertiary/aromatic N) is 2. The van der Waals surface area contributed by atoms with Gasteiger partial charge in [0.1, 0.15) is 11.1 Å². The third kappa shape index (κ3) is 3.59. The number of aromatic nitrogens is 3. The van der Waals surface area contributed by atoms with Crippen LogP contribution in [0.15, 0.2) is 35.3 Å². The number of fused-ring (bicyclic) bond motifs is 1. The maximum absolute atomic E-state index is 12.5. The first-order valence-electron chi connectivity index (χ1n) is 8.87.